The Balaban J connectivity index is 2.34. The van der Waals surface area contributed by atoms with Crippen molar-refractivity contribution in [2.75, 3.05) is 0 Å². The van der Waals surface area contributed by atoms with Crippen molar-refractivity contribution in [1.29, 1.82) is 0 Å². The lowest BCUT2D eigenvalue weighted by Crippen LogP contribution is -2.27. The van der Waals surface area contributed by atoms with Crippen LogP contribution in [0.15, 0.2) is 35.9 Å². The van der Waals surface area contributed by atoms with Gasteiger partial charge in [0, 0.05) is 5.56 Å². The molecule has 118 valence electrons. The Morgan fingerprint density at radius 3 is 2.52 bits per heavy atom. The predicted molar refractivity (Wildman–Crippen MR) is 101 cm³/mol. The van der Waals surface area contributed by atoms with Crippen LogP contribution in [0.4, 0.5) is 0 Å². The van der Waals surface area contributed by atoms with Crippen molar-refractivity contribution in [2.45, 2.75) is 33.4 Å². The first-order valence-corrected chi connectivity index (χ1v) is 11.0. The number of benzene rings is 2. The molecule has 0 spiro atoms. The zero-order valence-electron chi connectivity index (χ0n) is 14.2. The van der Waals surface area contributed by atoms with Crippen molar-refractivity contribution < 1.29 is 4.79 Å². The van der Waals surface area contributed by atoms with E-state index in [1.807, 2.05) is 13.0 Å². The molecule has 3 heteroatoms. The van der Waals surface area contributed by atoms with Crippen LogP contribution >= 0.6 is 0 Å². The fourth-order valence-corrected chi connectivity index (χ4v) is 5.02. The van der Waals surface area contributed by atoms with E-state index >= 15 is 0 Å². The highest BCUT2D eigenvalue weighted by Crippen LogP contribution is 2.35. The van der Waals surface area contributed by atoms with Crippen LogP contribution in [0.25, 0.3) is 17.2 Å². The number of hydrogen-bond acceptors (Lipinski definition) is 1. The second-order valence-electron chi connectivity index (χ2n) is 6.77. The minimum absolute atomic E-state index is 0.347. The van der Waals surface area contributed by atoms with Crippen LogP contribution in [-0.2, 0) is 6.42 Å². The zero-order valence-corrected chi connectivity index (χ0v) is 15.4. The summed E-state index contributed by atoms with van der Waals surface area (Å²) < 4.78 is 0. The van der Waals surface area contributed by atoms with Crippen LogP contribution in [0.3, 0.4) is 0 Å². The molecule has 0 radical (unpaired) electrons. The van der Waals surface area contributed by atoms with E-state index in [0.717, 1.165) is 12.0 Å². The third-order valence-corrected chi connectivity index (χ3v) is 6.44. The molecule has 0 bridgehead atoms. The maximum Gasteiger partial charge on any atom is 0.248 e. The number of amides is 1. The van der Waals surface area contributed by atoms with E-state index in [4.69, 9.17) is 5.73 Å². The molecule has 0 aliphatic heterocycles. The minimum atomic E-state index is -1.03. The summed E-state index contributed by atoms with van der Waals surface area (Å²) in [4.78, 5) is 11.8. The van der Waals surface area contributed by atoms with E-state index < -0.39 is 8.80 Å². The topological polar surface area (TPSA) is 43.1 Å². The van der Waals surface area contributed by atoms with E-state index in [1.54, 1.807) is 0 Å². The van der Waals surface area contributed by atoms with Crippen LogP contribution in [0.5, 0.6) is 0 Å². The van der Waals surface area contributed by atoms with Gasteiger partial charge in [0.05, 0.1) is 8.80 Å². The number of rotatable bonds is 3. The van der Waals surface area contributed by atoms with Gasteiger partial charge in [-0.25, -0.2) is 0 Å². The van der Waals surface area contributed by atoms with E-state index in [-0.39, 0.29) is 5.91 Å². The molecule has 2 nitrogen and oxygen atoms in total. The molecule has 0 atom stereocenters. The van der Waals surface area contributed by atoms with Crippen LogP contribution in [0.2, 0.25) is 13.1 Å². The molecule has 0 aromatic heterocycles. The van der Waals surface area contributed by atoms with Crippen molar-refractivity contribution in [2.24, 2.45) is 5.73 Å². The average Bonchev–Trinajstić information content (AvgIpc) is 2.86. The third-order valence-electron chi connectivity index (χ3n) is 4.71. The monoisotopic (exact) mass is 321 g/mol. The van der Waals surface area contributed by atoms with Crippen LogP contribution in [-0.4, -0.2) is 14.7 Å². The van der Waals surface area contributed by atoms with Gasteiger partial charge in [-0.1, -0.05) is 54.2 Å². The summed E-state index contributed by atoms with van der Waals surface area (Å²) in [5.41, 5.74) is 13.8. The largest absolute Gasteiger partial charge is 0.366 e. The lowest BCUT2D eigenvalue weighted by molar-refractivity contribution is 0.1000. The minimum Gasteiger partial charge on any atom is -0.366 e. The summed E-state index contributed by atoms with van der Waals surface area (Å²) in [7, 11) is -1.03. The van der Waals surface area contributed by atoms with E-state index in [1.165, 1.54) is 33.0 Å². The van der Waals surface area contributed by atoms with E-state index in [0.29, 0.717) is 5.56 Å². The van der Waals surface area contributed by atoms with Crippen LogP contribution < -0.4 is 10.9 Å². The number of carbonyl (C=O) groups is 1. The van der Waals surface area contributed by atoms with Gasteiger partial charge in [0.25, 0.3) is 0 Å². The molecule has 2 N–H and O–H groups in total. The van der Waals surface area contributed by atoms with Gasteiger partial charge in [-0.3, -0.25) is 4.79 Å². The Morgan fingerprint density at radius 2 is 1.87 bits per heavy atom. The fourth-order valence-electron chi connectivity index (χ4n) is 3.59. The molecule has 0 saturated carbocycles. The second-order valence-corrected chi connectivity index (χ2v) is 9.70. The highest BCUT2D eigenvalue weighted by Gasteiger charge is 2.21. The summed E-state index contributed by atoms with van der Waals surface area (Å²) in [6.07, 6.45) is 3.30. The molecular formula is C20H23NOSi. The Labute approximate surface area is 139 Å². The van der Waals surface area contributed by atoms with Gasteiger partial charge in [-0.2, -0.15) is 0 Å². The first kappa shape index (κ1) is 15.8. The Hall–Kier alpha value is -2.13. The molecule has 2 aromatic rings. The van der Waals surface area contributed by atoms with Crippen LogP contribution in [0.1, 0.15) is 34.0 Å². The number of hydrogen-bond donors (Lipinski definition) is 1. The molecular weight excluding hydrogens is 298 g/mol. The lowest BCUT2D eigenvalue weighted by atomic mass is 9.91. The average molecular weight is 321 g/mol. The van der Waals surface area contributed by atoms with Gasteiger partial charge in [0.1, 0.15) is 0 Å². The Morgan fingerprint density at radius 1 is 1.13 bits per heavy atom. The second kappa shape index (κ2) is 5.82. The summed E-state index contributed by atoms with van der Waals surface area (Å²) in [5.74, 6) is -0.347. The molecule has 2 aromatic carbocycles. The smallest absolute Gasteiger partial charge is 0.248 e. The first-order chi connectivity index (χ1) is 10.9. The molecule has 1 amide bonds. The van der Waals surface area contributed by atoms with Gasteiger partial charge in [-0.05, 0) is 54.2 Å². The molecule has 23 heavy (non-hydrogen) atoms. The number of primary amides is 1. The van der Waals surface area contributed by atoms with Gasteiger partial charge < -0.3 is 5.73 Å². The standard InChI is InChI=1S/C20H23NOSi/c1-12-10-14-6-5-7-16(17(14)11-12)19-13(2)15(20(21)22)8-9-18(19)23(3)4/h5-9,11,23H,10H2,1-4H3,(H2,21,22). The molecule has 0 heterocycles. The van der Waals surface area contributed by atoms with E-state index in [2.05, 4.69) is 50.4 Å². The summed E-state index contributed by atoms with van der Waals surface area (Å²) in [6.45, 7) is 8.86. The Kier molecular flexibility index (Phi) is 3.98. The number of allylic oxidation sites excluding steroid dienone is 1. The number of fused-ring (bicyclic) bond motifs is 1. The van der Waals surface area contributed by atoms with Gasteiger partial charge >= 0.3 is 0 Å². The molecule has 1 aliphatic rings. The van der Waals surface area contributed by atoms with Gasteiger partial charge in [-0.15, -0.1) is 0 Å². The SMILES string of the molecule is CC1=Cc2c(cccc2-c2c([SiH](C)C)ccc(C(N)=O)c2C)C1. The van der Waals surface area contributed by atoms with Crippen LogP contribution in [0, 0.1) is 6.92 Å². The maximum absolute atomic E-state index is 11.8. The quantitative estimate of drug-likeness (QED) is 0.865. The Bertz CT molecular complexity index is 834. The lowest BCUT2D eigenvalue weighted by Gasteiger charge is -2.19. The van der Waals surface area contributed by atoms with Gasteiger partial charge in [0.15, 0.2) is 0 Å². The molecule has 0 saturated heterocycles. The summed E-state index contributed by atoms with van der Waals surface area (Å²) >= 11 is 0. The molecule has 3 rings (SSSR count). The van der Waals surface area contributed by atoms with Crippen molar-refractivity contribution in [3.8, 4) is 11.1 Å². The highest BCUT2D eigenvalue weighted by molar-refractivity contribution is 6.72. The van der Waals surface area contributed by atoms with E-state index in [9.17, 15) is 4.79 Å². The molecule has 0 unspecified atom stereocenters. The maximum atomic E-state index is 11.8. The number of nitrogens with two attached hydrogens (primary N) is 1. The third kappa shape index (κ3) is 2.66. The first-order valence-electron chi connectivity index (χ1n) is 8.13. The predicted octanol–water partition coefficient (Wildman–Crippen LogP) is 3.41. The summed E-state index contributed by atoms with van der Waals surface area (Å²) in [6, 6.07) is 10.5. The van der Waals surface area contributed by atoms with Crippen molar-refractivity contribution in [1.82, 2.24) is 0 Å². The van der Waals surface area contributed by atoms with Crippen molar-refractivity contribution in [3.63, 3.8) is 0 Å². The fraction of sp³-hybridized carbons (Fsp3) is 0.250. The molecule has 0 fully saturated rings. The highest BCUT2D eigenvalue weighted by atomic mass is 28.3. The van der Waals surface area contributed by atoms with Gasteiger partial charge in [0.2, 0.25) is 5.91 Å². The summed E-state index contributed by atoms with van der Waals surface area (Å²) in [5, 5.41) is 1.40. The van der Waals surface area contributed by atoms with Crippen molar-refractivity contribution >= 4 is 26.0 Å². The normalized spacial score (nSPS) is 13.2. The van der Waals surface area contributed by atoms with Crippen molar-refractivity contribution in [3.05, 3.63) is 58.2 Å². The molecule has 1 aliphatic carbocycles. The number of carbonyl (C=O) groups excluding carboxylic acids is 1. The zero-order chi connectivity index (χ0) is 16.7.